The van der Waals surface area contributed by atoms with Crippen molar-refractivity contribution in [3.05, 3.63) is 42.1 Å². The molecule has 2 aromatic rings. The van der Waals surface area contributed by atoms with Gasteiger partial charge in [0, 0.05) is 38.0 Å². The van der Waals surface area contributed by atoms with Crippen molar-refractivity contribution in [3.63, 3.8) is 0 Å². The topological polar surface area (TPSA) is 70.6 Å². The molecular formula is C21H27N5O2. The van der Waals surface area contributed by atoms with Gasteiger partial charge in [-0.15, -0.1) is 0 Å². The Morgan fingerprint density at radius 1 is 1.14 bits per heavy atom. The number of rotatable bonds is 6. The van der Waals surface area contributed by atoms with E-state index in [2.05, 4.69) is 49.4 Å². The number of aromatic nitrogens is 2. The lowest BCUT2D eigenvalue weighted by Crippen LogP contribution is -2.54. The van der Waals surface area contributed by atoms with Crippen molar-refractivity contribution in [1.82, 2.24) is 15.3 Å². The van der Waals surface area contributed by atoms with Crippen LogP contribution in [0.25, 0.3) is 0 Å². The van der Waals surface area contributed by atoms with Crippen LogP contribution in [0.3, 0.4) is 0 Å². The number of anilines is 2. The van der Waals surface area contributed by atoms with Gasteiger partial charge in [-0.3, -0.25) is 4.79 Å². The third kappa shape index (κ3) is 4.18. The van der Waals surface area contributed by atoms with Gasteiger partial charge in [0.1, 0.15) is 6.10 Å². The second-order valence-electron chi connectivity index (χ2n) is 7.55. The molecule has 0 unspecified atom stereocenters. The van der Waals surface area contributed by atoms with Gasteiger partial charge in [-0.1, -0.05) is 12.1 Å². The molecule has 7 heteroatoms. The molecule has 1 aromatic heterocycles. The number of ether oxygens (including phenoxy) is 1. The molecule has 1 aromatic carbocycles. The zero-order valence-corrected chi connectivity index (χ0v) is 16.5. The SMILES string of the molecule is CC(=O)N[C@@H](C)c1ccc(N2CC(Oc3ccnc(N4CCCC4)n3)C2)cc1. The Hall–Kier alpha value is -2.83. The minimum atomic E-state index is -0.0167. The summed E-state index contributed by atoms with van der Waals surface area (Å²) in [5, 5.41) is 2.91. The van der Waals surface area contributed by atoms with Gasteiger partial charge in [-0.2, -0.15) is 4.98 Å². The summed E-state index contributed by atoms with van der Waals surface area (Å²) in [5.74, 6) is 1.41. The quantitative estimate of drug-likeness (QED) is 0.829. The molecule has 148 valence electrons. The lowest BCUT2D eigenvalue weighted by atomic mass is 10.1. The molecule has 7 nitrogen and oxygen atoms in total. The fourth-order valence-corrected chi connectivity index (χ4v) is 3.72. The van der Waals surface area contributed by atoms with Crippen LogP contribution in [0.5, 0.6) is 5.88 Å². The van der Waals surface area contributed by atoms with Gasteiger partial charge in [0.2, 0.25) is 17.7 Å². The molecule has 2 fully saturated rings. The molecule has 28 heavy (non-hydrogen) atoms. The van der Waals surface area contributed by atoms with Crippen molar-refractivity contribution in [1.29, 1.82) is 0 Å². The summed E-state index contributed by atoms with van der Waals surface area (Å²) in [7, 11) is 0. The summed E-state index contributed by atoms with van der Waals surface area (Å²) in [6.45, 7) is 7.25. The Morgan fingerprint density at radius 3 is 2.54 bits per heavy atom. The monoisotopic (exact) mass is 381 g/mol. The van der Waals surface area contributed by atoms with Crippen LogP contribution in [0, 0.1) is 0 Å². The molecule has 1 amide bonds. The highest BCUT2D eigenvalue weighted by Crippen LogP contribution is 2.26. The van der Waals surface area contributed by atoms with Crippen LogP contribution in [0.2, 0.25) is 0 Å². The predicted molar refractivity (Wildman–Crippen MR) is 109 cm³/mol. The molecule has 2 saturated heterocycles. The van der Waals surface area contributed by atoms with E-state index in [1.54, 1.807) is 6.20 Å². The van der Waals surface area contributed by atoms with E-state index in [0.717, 1.165) is 37.7 Å². The van der Waals surface area contributed by atoms with Crippen LogP contribution in [0.15, 0.2) is 36.5 Å². The first-order valence-electron chi connectivity index (χ1n) is 9.95. The summed E-state index contributed by atoms with van der Waals surface area (Å²) in [5.41, 5.74) is 2.27. The van der Waals surface area contributed by atoms with Crippen molar-refractivity contribution in [2.45, 2.75) is 38.8 Å². The first-order valence-corrected chi connectivity index (χ1v) is 9.95. The zero-order valence-electron chi connectivity index (χ0n) is 16.5. The number of amides is 1. The molecule has 0 radical (unpaired) electrons. The molecule has 2 aliphatic heterocycles. The van der Waals surface area contributed by atoms with E-state index in [1.165, 1.54) is 25.5 Å². The number of nitrogens with one attached hydrogen (secondary N) is 1. The normalized spacial score (nSPS) is 17.9. The molecule has 4 rings (SSSR count). The van der Waals surface area contributed by atoms with E-state index in [1.807, 2.05) is 13.0 Å². The fourth-order valence-electron chi connectivity index (χ4n) is 3.72. The molecule has 0 spiro atoms. The van der Waals surface area contributed by atoms with E-state index < -0.39 is 0 Å². The summed E-state index contributed by atoms with van der Waals surface area (Å²) < 4.78 is 6.04. The zero-order chi connectivity index (χ0) is 19.5. The Bertz CT molecular complexity index is 814. The average molecular weight is 381 g/mol. The lowest BCUT2D eigenvalue weighted by Gasteiger charge is -2.40. The molecule has 0 bridgehead atoms. The Morgan fingerprint density at radius 2 is 1.86 bits per heavy atom. The molecule has 0 saturated carbocycles. The Kier molecular flexibility index (Phi) is 5.32. The molecule has 1 N–H and O–H groups in total. The van der Waals surface area contributed by atoms with Crippen LogP contribution in [-0.2, 0) is 4.79 Å². The van der Waals surface area contributed by atoms with Crippen LogP contribution in [0.4, 0.5) is 11.6 Å². The standard InChI is InChI=1S/C21H27N5O2/c1-15(23-16(2)27)17-5-7-18(8-6-17)26-13-19(14-26)28-20-9-10-22-21(24-20)25-11-3-4-12-25/h5-10,15,19H,3-4,11-14H2,1-2H3,(H,23,27)/t15-/m0/s1. The maximum absolute atomic E-state index is 11.2. The van der Waals surface area contributed by atoms with Crippen molar-refractivity contribution in [3.8, 4) is 5.88 Å². The van der Waals surface area contributed by atoms with Gasteiger partial charge in [0.15, 0.2) is 0 Å². The van der Waals surface area contributed by atoms with Crippen LogP contribution in [-0.4, -0.2) is 48.2 Å². The number of carbonyl (C=O) groups is 1. The molecule has 0 aliphatic carbocycles. The third-order valence-corrected chi connectivity index (χ3v) is 5.32. The predicted octanol–water partition coefficient (Wildman–Crippen LogP) is 2.54. The first-order chi connectivity index (χ1) is 13.6. The molecular weight excluding hydrogens is 354 g/mol. The average Bonchev–Trinajstić information content (AvgIpc) is 3.19. The van der Waals surface area contributed by atoms with Crippen molar-refractivity contribution in [2.24, 2.45) is 0 Å². The summed E-state index contributed by atoms with van der Waals surface area (Å²) in [4.78, 5) is 24.6. The van der Waals surface area contributed by atoms with Gasteiger partial charge in [0.25, 0.3) is 0 Å². The second-order valence-corrected chi connectivity index (χ2v) is 7.55. The summed E-state index contributed by atoms with van der Waals surface area (Å²) in [6, 6.07) is 10.2. The number of benzene rings is 1. The third-order valence-electron chi connectivity index (χ3n) is 5.32. The van der Waals surface area contributed by atoms with Crippen molar-refractivity contribution >= 4 is 17.5 Å². The summed E-state index contributed by atoms with van der Waals surface area (Å²) in [6.07, 6.45) is 4.32. The van der Waals surface area contributed by atoms with Gasteiger partial charge in [0.05, 0.1) is 19.1 Å². The van der Waals surface area contributed by atoms with E-state index in [0.29, 0.717) is 5.88 Å². The van der Waals surface area contributed by atoms with Crippen LogP contribution in [0.1, 0.15) is 38.3 Å². The number of hydrogen-bond donors (Lipinski definition) is 1. The second kappa shape index (κ2) is 8.04. The van der Waals surface area contributed by atoms with Gasteiger partial charge < -0.3 is 19.9 Å². The highest BCUT2D eigenvalue weighted by molar-refractivity contribution is 5.73. The molecule has 3 heterocycles. The Balaban J connectivity index is 1.30. The maximum atomic E-state index is 11.2. The van der Waals surface area contributed by atoms with Crippen molar-refractivity contribution < 1.29 is 9.53 Å². The first kappa shape index (κ1) is 18.5. The van der Waals surface area contributed by atoms with E-state index in [4.69, 9.17) is 4.74 Å². The molecule has 1 atom stereocenters. The van der Waals surface area contributed by atoms with Crippen LogP contribution < -0.4 is 19.9 Å². The largest absolute Gasteiger partial charge is 0.470 e. The van der Waals surface area contributed by atoms with Gasteiger partial charge >= 0.3 is 0 Å². The van der Waals surface area contributed by atoms with E-state index >= 15 is 0 Å². The fraction of sp³-hybridized carbons (Fsp3) is 0.476. The number of hydrogen-bond acceptors (Lipinski definition) is 6. The number of nitrogens with zero attached hydrogens (tertiary/aromatic N) is 4. The minimum Gasteiger partial charge on any atom is -0.470 e. The van der Waals surface area contributed by atoms with Crippen LogP contribution >= 0.6 is 0 Å². The minimum absolute atomic E-state index is 0.0154. The number of carbonyl (C=O) groups excluding carboxylic acids is 1. The van der Waals surface area contributed by atoms with E-state index in [9.17, 15) is 4.79 Å². The Labute approximate surface area is 165 Å². The molecule has 2 aliphatic rings. The smallest absolute Gasteiger partial charge is 0.228 e. The maximum Gasteiger partial charge on any atom is 0.228 e. The highest BCUT2D eigenvalue weighted by Gasteiger charge is 2.29. The highest BCUT2D eigenvalue weighted by atomic mass is 16.5. The van der Waals surface area contributed by atoms with Gasteiger partial charge in [-0.25, -0.2) is 4.98 Å². The lowest BCUT2D eigenvalue weighted by molar-refractivity contribution is -0.119. The van der Waals surface area contributed by atoms with Crippen molar-refractivity contribution in [2.75, 3.05) is 36.0 Å². The summed E-state index contributed by atoms with van der Waals surface area (Å²) >= 11 is 0. The van der Waals surface area contributed by atoms with E-state index in [-0.39, 0.29) is 18.1 Å². The van der Waals surface area contributed by atoms with Gasteiger partial charge in [-0.05, 0) is 37.5 Å².